The molecule has 1 aromatic rings. The normalized spacial score (nSPS) is 27.3. The number of nitrogens with one attached hydrogen (secondary N) is 1. The van der Waals surface area contributed by atoms with E-state index in [4.69, 9.17) is 0 Å². The summed E-state index contributed by atoms with van der Waals surface area (Å²) in [6, 6.07) is 6.51. The highest BCUT2D eigenvalue weighted by Crippen LogP contribution is 2.21. The van der Waals surface area contributed by atoms with Crippen molar-refractivity contribution in [3.8, 4) is 0 Å². The standard InChI is InChI=1S/C15H26N2S/c1-5-14-10-17(12(3)9-16-14)11(2)8-15-7-6-13(4)18-15/h6-7,11-12,14,16H,5,8-10H2,1-4H3. The lowest BCUT2D eigenvalue weighted by Crippen LogP contribution is -2.58. The molecule has 1 aliphatic heterocycles. The van der Waals surface area contributed by atoms with Crippen LogP contribution in [-0.2, 0) is 6.42 Å². The zero-order chi connectivity index (χ0) is 13.1. The summed E-state index contributed by atoms with van der Waals surface area (Å²) in [5, 5.41) is 3.63. The molecule has 0 amide bonds. The second-order valence-electron chi connectivity index (χ2n) is 5.62. The highest BCUT2D eigenvalue weighted by molar-refractivity contribution is 7.11. The molecule has 18 heavy (non-hydrogen) atoms. The molecule has 2 rings (SSSR count). The monoisotopic (exact) mass is 266 g/mol. The van der Waals surface area contributed by atoms with Crippen molar-refractivity contribution >= 4 is 11.3 Å². The van der Waals surface area contributed by atoms with Crippen molar-refractivity contribution in [1.29, 1.82) is 0 Å². The van der Waals surface area contributed by atoms with Crippen molar-refractivity contribution in [3.63, 3.8) is 0 Å². The summed E-state index contributed by atoms with van der Waals surface area (Å²) in [6.45, 7) is 11.5. The first-order chi connectivity index (χ1) is 8.60. The largest absolute Gasteiger partial charge is 0.311 e. The van der Waals surface area contributed by atoms with Crippen LogP contribution in [-0.4, -0.2) is 36.1 Å². The first-order valence-electron chi connectivity index (χ1n) is 7.14. The topological polar surface area (TPSA) is 15.3 Å². The molecule has 1 N–H and O–H groups in total. The van der Waals surface area contributed by atoms with E-state index < -0.39 is 0 Å². The van der Waals surface area contributed by atoms with Gasteiger partial charge in [-0.25, -0.2) is 0 Å². The van der Waals surface area contributed by atoms with Gasteiger partial charge in [0, 0.05) is 41.0 Å². The molecule has 1 aliphatic rings. The Kier molecular flexibility index (Phi) is 4.82. The van der Waals surface area contributed by atoms with E-state index in [2.05, 4.69) is 50.0 Å². The van der Waals surface area contributed by atoms with Crippen molar-refractivity contribution in [3.05, 3.63) is 21.9 Å². The van der Waals surface area contributed by atoms with Crippen molar-refractivity contribution in [1.82, 2.24) is 10.2 Å². The lowest BCUT2D eigenvalue weighted by atomic mass is 10.0. The third-order valence-corrected chi connectivity index (χ3v) is 5.07. The molecule has 0 saturated carbocycles. The zero-order valence-electron chi connectivity index (χ0n) is 12.1. The molecule has 0 bridgehead atoms. The van der Waals surface area contributed by atoms with E-state index in [9.17, 15) is 0 Å². The maximum absolute atomic E-state index is 3.63. The average Bonchev–Trinajstić information content (AvgIpc) is 2.75. The summed E-state index contributed by atoms with van der Waals surface area (Å²) < 4.78 is 0. The molecule has 0 aromatic carbocycles. The Morgan fingerprint density at radius 1 is 1.50 bits per heavy atom. The van der Waals surface area contributed by atoms with Crippen LogP contribution in [0.15, 0.2) is 12.1 Å². The van der Waals surface area contributed by atoms with Crippen molar-refractivity contribution < 1.29 is 0 Å². The van der Waals surface area contributed by atoms with Gasteiger partial charge in [-0.05, 0) is 45.7 Å². The Morgan fingerprint density at radius 2 is 2.28 bits per heavy atom. The lowest BCUT2D eigenvalue weighted by molar-refractivity contribution is 0.0978. The maximum Gasteiger partial charge on any atom is 0.0196 e. The molecule has 1 saturated heterocycles. The lowest BCUT2D eigenvalue weighted by Gasteiger charge is -2.42. The van der Waals surface area contributed by atoms with Gasteiger partial charge in [0.25, 0.3) is 0 Å². The van der Waals surface area contributed by atoms with Crippen LogP contribution in [0.3, 0.4) is 0 Å². The molecule has 2 nitrogen and oxygen atoms in total. The van der Waals surface area contributed by atoms with Gasteiger partial charge in [-0.1, -0.05) is 6.92 Å². The summed E-state index contributed by atoms with van der Waals surface area (Å²) in [5.41, 5.74) is 0. The van der Waals surface area contributed by atoms with Crippen LogP contribution in [0.25, 0.3) is 0 Å². The maximum atomic E-state index is 3.63. The van der Waals surface area contributed by atoms with Crippen LogP contribution in [0.2, 0.25) is 0 Å². The molecular weight excluding hydrogens is 240 g/mol. The number of hydrogen-bond donors (Lipinski definition) is 1. The Balaban J connectivity index is 1.96. The number of aryl methyl sites for hydroxylation is 1. The summed E-state index contributed by atoms with van der Waals surface area (Å²) >= 11 is 1.95. The first-order valence-corrected chi connectivity index (χ1v) is 7.96. The van der Waals surface area contributed by atoms with Gasteiger partial charge in [-0.2, -0.15) is 0 Å². The van der Waals surface area contributed by atoms with Crippen molar-refractivity contribution in [2.75, 3.05) is 13.1 Å². The number of piperazine rings is 1. The van der Waals surface area contributed by atoms with E-state index in [1.807, 2.05) is 11.3 Å². The molecule has 3 heteroatoms. The van der Waals surface area contributed by atoms with Gasteiger partial charge >= 0.3 is 0 Å². The van der Waals surface area contributed by atoms with Crippen LogP contribution < -0.4 is 5.32 Å². The fourth-order valence-corrected chi connectivity index (χ4v) is 3.85. The second kappa shape index (κ2) is 6.18. The molecule has 1 fully saturated rings. The molecule has 0 aliphatic carbocycles. The fraction of sp³-hybridized carbons (Fsp3) is 0.733. The van der Waals surface area contributed by atoms with Crippen LogP contribution in [0.5, 0.6) is 0 Å². The Morgan fingerprint density at radius 3 is 2.89 bits per heavy atom. The molecule has 102 valence electrons. The van der Waals surface area contributed by atoms with Gasteiger partial charge < -0.3 is 5.32 Å². The van der Waals surface area contributed by atoms with Gasteiger partial charge in [0.15, 0.2) is 0 Å². The van der Waals surface area contributed by atoms with Gasteiger partial charge in [-0.15, -0.1) is 11.3 Å². The minimum Gasteiger partial charge on any atom is -0.311 e. The minimum atomic E-state index is 0.647. The minimum absolute atomic E-state index is 0.647. The van der Waals surface area contributed by atoms with Gasteiger partial charge in [0.05, 0.1) is 0 Å². The number of nitrogens with zero attached hydrogens (tertiary/aromatic N) is 1. The van der Waals surface area contributed by atoms with E-state index in [-0.39, 0.29) is 0 Å². The zero-order valence-corrected chi connectivity index (χ0v) is 12.9. The van der Waals surface area contributed by atoms with E-state index in [0.717, 1.165) is 6.54 Å². The Labute approximate surface area is 115 Å². The SMILES string of the molecule is CCC1CN(C(C)Cc2ccc(C)s2)C(C)CN1. The third kappa shape index (κ3) is 3.34. The van der Waals surface area contributed by atoms with Crippen LogP contribution in [0, 0.1) is 6.92 Å². The predicted molar refractivity (Wildman–Crippen MR) is 80.5 cm³/mol. The molecule has 0 spiro atoms. The fourth-order valence-electron chi connectivity index (χ4n) is 2.84. The van der Waals surface area contributed by atoms with Crippen LogP contribution in [0.4, 0.5) is 0 Å². The van der Waals surface area contributed by atoms with Crippen LogP contribution >= 0.6 is 11.3 Å². The molecule has 3 unspecified atom stereocenters. The average molecular weight is 266 g/mol. The number of hydrogen-bond acceptors (Lipinski definition) is 3. The van der Waals surface area contributed by atoms with Crippen molar-refractivity contribution in [2.24, 2.45) is 0 Å². The van der Waals surface area contributed by atoms with E-state index in [1.165, 1.54) is 29.1 Å². The third-order valence-electron chi connectivity index (χ3n) is 4.05. The van der Waals surface area contributed by atoms with E-state index in [1.54, 1.807) is 0 Å². The van der Waals surface area contributed by atoms with Gasteiger partial charge in [0.2, 0.25) is 0 Å². The summed E-state index contributed by atoms with van der Waals surface area (Å²) in [6.07, 6.45) is 2.42. The summed E-state index contributed by atoms with van der Waals surface area (Å²) in [5.74, 6) is 0. The Hall–Kier alpha value is -0.380. The van der Waals surface area contributed by atoms with E-state index >= 15 is 0 Å². The second-order valence-corrected chi connectivity index (χ2v) is 7.00. The molecule has 2 heterocycles. The van der Waals surface area contributed by atoms with Gasteiger partial charge in [0.1, 0.15) is 0 Å². The number of rotatable bonds is 4. The quantitative estimate of drug-likeness (QED) is 0.901. The van der Waals surface area contributed by atoms with Crippen LogP contribution in [0.1, 0.15) is 36.9 Å². The number of thiophene rings is 1. The van der Waals surface area contributed by atoms with Crippen molar-refractivity contribution in [2.45, 2.75) is 58.7 Å². The predicted octanol–water partition coefficient (Wildman–Crippen LogP) is 3.06. The summed E-state index contributed by atoms with van der Waals surface area (Å²) in [7, 11) is 0. The first kappa shape index (κ1) is 14.0. The summed E-state index contributed by atoms with van der Waals surface area (Å²) in [4.78, 5) is 5.63. The molecule has 0 radical (unpaired) electrons. The van der Waals surface area contributed by atoms with E-state index in [0.29, 0.717) is 18.1 Å². The molecule has 3 atom stereocenters. The van der Waals surface area contributed by atoms with Gasteiger partial charge in [-0.3, -0.25) is 4.90 Å². The highest BCUT2D eigenvalue weighted by Gasteiger charge is 2.27. The molecular formula is C15H26N2S. The smallest absolute Gasteiger partial charge is 0.0196 e. The highest BCUT2D eigenvalue weighted by atomic mass is 32.1. The Bertz CT molecular complexity index is 374. The molecule has 1 aromatic heterocycles.